The third kappa shape index (κ3) is 5.81. The van der Waals surface area contributed by atoms with E-state index >= 15 is 0 Å². The van der Waals surface area contributed by atoms with Gasteiger partial charge in [0.15, 0.2) is 5.96 Å². The van der Waals surface area contributed by atoms with Crippen LogP contribution in [0.2, 0.25) is 0 Å². The lowest BCUT2D eigenvalue weighted by Crippen LogP contribution is -2.42. The third-order valence-electron chi connectivity index (χ3n) is 4.31. The van der Waals surface area contributed by atoms with Gasteiger partial charge in [-0.15, -0.1) is 0 Å². The first-order chi connectivity index (χ1) is 9.23. The van der Waals surface area contributed by atoms with Crippen molar-refractivity contribution in [3.63, 3.8) is 0 Å². The van der Waals surface area contributed by atoms with Crippen LogP contribution in [0.4, 0.5) is 0 Å². The minimum atomic E-state index is 0.751. The van der Waals surface area contributed by atoms with Gasteiger partial charge in [0.25, 0.3) is 0 Å². The largest absolute Gasteiger partial charge is 0.356 e. The number of likely N-dealkylation sites (tertiary alicyclic amines) is 1. The first-order valence-corrected chi connectivity index (χ1v) is 7.90. The monoisotopic (exact) mass is 268 g/mol. The van der Waals surface area contributed by atoms with E-state index in [2.05, 4.69) is 41.3 Å². The zero-order valence-corrected chi connectivity index (χ0v) is 13.2. The minimum absolute atomic E-state index is 0.751. The molecule has 1 fully saturated rings. The maximum atomic E-state index is 4.31. The van der Waals surface area contributed by atoms with Gasteiger partial charge in [0.2, 0.25) is 0 Å². The fourth-order valence-electron chi connectivity index (χ4n) is 2.65. The zero-order chi connectivity index (χ0) is 14.1. The molecule has 19 heavy (non-hydrogen) atoms. The highest BCUT2D eigenvalue weighted by Gasteiger charge is 2.20. The van der Waals surface area contributed by atoms with Gasteiger partial charge in [0.1, 0.15) is 0 Å². The van der Waals surface area contributed by atoms with Crippen LogP contribution >= 0.6 is 0 Å². The SMILES string of the molecule is CCC(CC)CNC(=NC)NCC1CCN(CC)C1. The Morgan fingerprint density at radius 2 is 2.00 bits per heavy atom. The molecule has 1 rings (SSSR count). The van der Waals surface area contributed by atoms with Gasteiger partial charge >= 0.3 is 0 Å². The highest BCUT2D eigenvalue weighted by atomic mass is 15.2. The Labute approximate surface area is 119 Å². The molecule has 4 nitrogen and oxygen atoms in total. The van der Waals surface area contributed by atoms with E-state index < -0.39 is 0 Å². The highest BCUT2D eigenvalue weighted by molar-refractivity contribution is 5.79. The Hall–Kier alpha value is -0.770. The van der Waals surface area contributed by atoms with E-state index in [0.29, 0.717) is 0 Å². The predicted molar refractivity (Wildman–Crippen MR) is 83.7 cm³/mol. The summed E-state index contributed by atoms with van der Waals surface area (Å²) >= 11 is 0. The van der Waals surface area contributed by atoms with E-state index in [1.54, 1.807) is 0 Å². The van der Waals surface area contributed by atoms with Crippen LogP contribution in [0.3, 0.4) is 0 Å². The molecule has 112 valence electrons. The molecule has 2 N–H and O–H groups in total. The fourth-order valence-corrected chi connectivity index (χ4v) is 2.65. The van der Waals surface area contributed by atoms with Crippen molar-refractivity contribution in [2.45, 2.75) is 40.0 Å². The number of guanidine groups is 1. The summed E-state index contributed by atoms with van der Waals surface area (Å²) in [5.41, 5.74) is 0. The molecule has 0 radical (unpaired) electrons. The average Bonchev–Trinajstić information content (AvgIpc) is 2.91. The molecule has 1 atom stereocenters. The van der Waals surface area contributed by atoms with Crippen LogP contribution in [-0.4, -0.2) is 50.6 Å². The summed E-state index contributed by atoms with van der Waals surface area (Å²) in [6.07, 6.45) is 3.77. The van der Waals surface area contributed by atoms with Gasteiger partial charge in [-0.1, -0.05) is 33.6 Å². The second-order valence-electron chi connectivity index (χ2n) is 5.56. The lowest BCUT2D eigenvalue weighted by atomic mass is 10.0. The molecule has 0 bridgehead atoms. The van der Waals surface area contributed by atoms with Crippen molar-refractivity contribution in [3.8, 4) is 0 Å². The molecule has 1 heterocycles. The predicted octanol–water partition coefficient (Wildman–Crippen LogP) is 1.93. The van der Waals surface area contributed by atoms with E-state index in [1.165, 1.54) is 38.9 Å². The molecule has 0 aliphatic carbocycles. The summed E-state index contributed by atoms with van der Waals surface area (Å²) in [5, 5.41) is 6.92. The standard InChI is InChI=1S/C15H32N4/c1-5-13(6-2)10-17-15(16-4)18-11-14-8-9-19(7-3)12-14/h13-14H,5-12H2,1-4H3,(H2,16,17,18). The molecule has 0 aromatic rings. The summed E-state index contributed by atoms with van der Waals surface area (Å²) in [6, 6.07) is 0. The van der Waals surface area contributed by atoms with Crippen LogP contribution in [0.25, 0.3) is 0 Å². The molecule has 1 saturated heterocycles. The van der Waals surface area contributed by atoms with Gasteiger partial charge in [0, 0.05) is 26.7 Å². The topological polar surface area (TPSA) is 39.7 Å². The van der Waals surface area contributed by atoms with Crippen molar-refractivity contribution in [2.24, 2.45) is 16.8 Å². The molecule has 0 spiro atoms. The van der Waals surface area contributed by atoms with Crippen molar-refractivity contribution in [3.05, 3.63) is 0 Å². The second kappa shape index (κ2) is 9.18. The molecule has 0 aromatic carbocycles. The van der Waals surface area contributed by atoms with Gasteiger partial charge in [0.05, 0.1) is 0 Å². The quantitative estimate of drug-likeness (QED) is 0.547. The molecule has 1 aliphatic heterocycles. The molecule has 4 heteroatoms. The Bertz CT molecular complexity index is 261. The average molecular weight is 268 g/mol. The first-order valence-electron chi connectivity index (χ1n) is 7.90. The first kappa shape index (κ1) is 16.3. The highest BCUT2D eigenvalue weighted by Crippen LogP contribution is 2.14. The summed E-state index contributed by atoms with van der Waals surface area (Å²) in [6.45, 7) is 12.5. The minimum Gasteiger partial charge on any atom is -0.356 e. The van der Waals surface area contributed by atoms with E-state index in [9.17, 15) is 0 Å². The summed E-state index contributed by atoms with van der Waals surface area (Å²) in [5.74, 6) is 2.48. The van der Waals surface area contributed by atoms with Crippen molar-refractivity contribution in [2.75, 3.05) is 39.8 Å². The van der Waals surface area contributed by atoms with Crippen LogP contribution in [-0.2, 0) is 0 Å². The lowest BCUT2D eigenvalue weighted by molar-refractivity contribution is 0.341. The molecule has 0 aromatic heterocycles. The second-order valence-corrected chi connectivity index (χ2v) is 5.56. The Morgan fingerprint density at radius 1 is 1.26 bits per heavy atom. The van der Waals surface area contributed by atoms with Crippen LogP contribution < -0.4 is 10.6 Å². The normalized spacial score (nSPS) is 21.1. The van der Waals surface area contributed by atoms with Crippen LogP contribution in [0.5, 0.6) is 0 Å². The summed E-state index contributed by atoms with van der Waals surface area (Å²) in [7, 11) is 1.86. The maximum Gasteiger partial charge on any atom is 0.190 e. The number of hydrogen-bond acceptors (Lipinski definition) is 2. The van der Waals surface area contributed by atoms with E-state index in [1.807, 2.05) is 7.05 Å². The lowest BCUT2D eigenvalue weighted by Gasteiger charge is -2.18. The summed E-state index contributed by atoms with van der Waals surface area (Å²) in [4.78, 5) is 6.83. The van der Waals surface area contributed by atoms with Gasteiger partial charge in [-0.2, -0.15) is 0 Å². The van der Waals surface area contributed by atoms with Crippen molar-refractivity contribution < 1.29 is 0 Å². The van der Waals surface area contributed by atoms with Gasteiger partial charge in [-0.25, -0.2) is 0 Å². The van der Waals surface area contributed by atoms with E-state index in [4.69, 9.17) is 0 Å². The Morgan fingerprint density at radius 3 is 2.53 bits per heavy atom. The molecular formula is C15H32N4. The van der Waals surface area contributed by atoms with Crippen molar-refractivity contribution in [1.82, 2.24) is 15.5 Å². The number of rotatable bonds is 7. The van der Waals surface area contributed by atoms with Crippen LogP contribution in [0, 0.1) is 11.8 Å². The number of aliphatic imine (C=N–C) groups is 1. The Balaban J connectivity index is 2.22. The van der Waals surface area contributed by atoms with Crippen LogP contribution in [0.1, 0.15) is 40.0 Å². The third-order valence-corrected chi connectivity index (χ3v) is 4.31. The smallest absolute Gasteiger partial charge is 0.190 e. The molecular weight excluding hydrogens is 236 g/mol. The fraction of sp³-hybridized carbons (Fsp3) is 0.933. The van der Waals surface area contributed by atoms with Gasteiger partial charge < -0.3 is 15.5 Å². The van der Waals surface area contributed by atoms with Crippen LogP contribution in [0.15, 0.2) is 4.99 Å². The zero-order valence-electron chi connectivity index (χ0n) is 13.2. The number of nitrogens with zero attached hydrogens (tertiary/aromatic N) is 2. The van der Waals surface area contributed by atoms with E-state index in [0.717, 1.165) is 30.9 Å². The Kier molecular flexibility index (Phi) is 7.87. The van der Waals surface area contributed by atoms with Gasteiger partial charge in [-0.3, -0.25) is 4.99 Å². The maximum absolute atomic E-state index is 4.31. The van der Waals surface area contributed by atoms with Gasteiger partial charge in [-0.05, 0) is 31.3 Å². The van der Waals surface area contributed by atoms with Crippen molar-refractivity contribution in [1.29, 1.82) is 0 Å². The number of hydrogen-bond donors (Lipinski definition) is 2. The molecule has 1 aliphatic rings. The van der Waals surface area contributed by atoms with E-state index in [-0.39, 0.29) is 0 Å². The van der Waals surface area contributed by atoms with Crippen molar-refractivity contribution >= 4 is 5.96 Å². The molecule has 1 unspecified atom stereocenters. The number of nitrogens with one attached hydrogen (secondary N) is 2. The molecule has 0 amide bonds. The molecule has 0 saturated carbocycles. The summed E-state index contributed by atoms with van der Waals surface area (Å²) < 4.78 is 0.